The van der Waals surface area contributed by atoms with Gasteiger partial charge < -0.3 is 45.1 Å². The van der Waals surface area contributed by atoms with E-state index < -0.39 is 67.4 Å². The number of carbonyl (C=O) groups is 2. The summed E-state index contributed by atoms with van der Waals surface area (Å²) < 4.78 is 17.7. The summed E-state index contributed by atoms with van der Waals surface area (Å²) in [5.74, 6) is -1.20. The lowest BCUT2D eigenvalue weighted by atomic mass is 9.99. The lowest BCUT2D eigenvalue weighted by molar-refractivity contribution is -0.305. The van der Waals surface area contributed by atoms with Gasteiger partial charge in [-0.15, -0.1) is 0 Å². The number of rotatable bonds is 58. The number of esters is 1. The van der Waals surface area contributed by atoms with Crippen molar-refractivity contribution < 1.29 is 49.3 Å². The van der Waals surface area contributed by atoms with Gasteiger partial charge in [0, 0.05) is 6.42 Å². The fourth-order valence-electron chi connectivity index (χ4n) is 10.5. The largest absolute Gasteiger partial charge is 0.454 e. The quantitative estimate of drug-likeness (QED) is 0.0195. The molecule has 0 spiro atoms. The van der Waals surface area contributed by atoms with Gasteiger partial charge in [-0.25, -0.2) is 0 Å². The summed E-state index contributed by atoms with van der Waals surface area (Å²) in [7, 11) is 0. The average Bonchev–Trinajstić information content (AvgIpc) is 3.46. The molecule has 8 unspecified atom stereocenters. The molecule has 8 atom stereocenters. The fourth-order valence-corrected chi connectivity index (χ4v) is 10.5. The first-order valence-electron chi connectivity index (χ1n) is 34.1. The molecular weight excluding hydrogens is 1010 g/mol. The molecule has 0 radical (unpaired) electrons. The molecule has 11 nitrogen and oxygen atoms in total. The third kappa shape index (κ3) is 45.4. The molecule has 1 aliphatic heterocycles. The number of unbranched alkanes of at least 4 members (excludes halogenated alkanes) is 36. The highest BCUT2D eigenvalue weighted by Gasteiger charge is 2.47. The molecule has 0 aromatic rings. The van der Waals surface area contributed by atoms with Crippen molar-refractivity contribution in [2.45, 2.75) is 359 Å². The van der Waals surface area contributed by atoms with E-state index in [1.54, 1.807) is 6.08 Å². The van der Waals surface area contributed by atoms with Gasteiger partial charge in [-0.1, -0.05) is 274 Å². The Bertz CT molecular complexity index is 1550. The average molecular weight is 1140 g/mol. The van der Waals surface area contributed by atoms with Gasteiger partial charge in [-0.05, 0) is 89.9 Å². The second-order valence-electron chi connectivity index (χ2n) is 23.6. The van der Waals surface area contributed by atoms with Gasteiger partial charge in [0.05, 0.1) is 25.4 Å². The van der Waals surface area contributed by atoms with E-state index in [2.05, 4.69) is 74.7 Å². The predicted octanol–water partition coefficient (Wildman–Crippen LogP) is 17.0. The lowest BCUT2D eigenvalue weighted by Crippen LogP contribution is -2.61. The van der Waals surface area contributed by atoms with Crippen LogP contribution in [-0.4, -0.2) is 99.6 Å². The molecule has 0 aliphatic carbocycles. The molecule has 1 fully saturated rings. The zero-order chi connectivity index (χ0) is 58.9. The highest BCUT2D eigenvalue weighted by molar-refractivity contribution is 5.80. The lowest BCUT2D eigenvalue weighted by Gasteiger charge is -2.41. The predicted molar refractivity (Wildman–Crippen MR) is 338 cm³/mol. The van der Waals surface area contributed by atoms with Crippen LogP contribution in [0, 0.1) is 0 Å². The van der Waals surface area contributed by atoms with E-state index in [0.29, 0.717) is 12.8 Å². The summed E-state index contributed by atoms with van der Waals surface area (Å²) in [6.07, 6.45) is 62.5. The van der Waals surface area contributed by atoms with Crippen LogP contribution in [0.5, 0.6) is 0 Å². The minimum absolute atomic E-state index is 0.120. The Hall–Kier alpha value is -2.64. The molecule has 0 bridgehead atoms. The molecule has 0 aromatic carbocycles. The molecule has 1 aliphatic rings. The summed E-state index contributed by atoms with van der Waals surface area (Å²) in [5, 5.41) is 57.2. The van der Waals surface area contributed by atoms with Gasteiger partial charge in [0.15, 0.2) is 12.4 Å². The molecular formula is C70H127NO10. The van der Waals surface area contributed by atoms with Gasteiger partial charge in [0.25, 0.3) is 0 Å². The number of amides is 1. The zero-order valence-corrected chi connectivity index (χ0v) is 52.4. The van der Waals surface area contributed by atoms with Crippen molar-refractivity contribution in [3.63, 3.8) is 0 Å². The van der Waals surface area contributed by atoms with Gasteiger partial charge in [-0.2, -0.15) is 0 Å². The Balaban J connectivity index is 2.64. The summed E-state index contributed by atoms with van der Waals surface area (Å²) in [6, 6.07) is -1.03. The monoisotopic (exact) mass is 1140 g/mol. The third-order valence-electron chi connectivity index (χ3n) is 15.9. The van der Waals surface area contributed by atoms with Crippen molar-refractivity contribution in [3.8, 4) is 0 Å². The van der Waals surface area contributed by atoms with Crippen molar-refractivity contribution in [1.82, 2.24) is 5.32 Å². The smallest absolute Gasteiger partial charge is 0.306 e. The molecule has 472 valence electrons. The molecule has 81 heavy (non-hydrogen) atoms. The first kappa shape index (κ1) is 76.4. The highest BCUT2D eigenvalue weighted by Crippen LogP contribution is 2.26. The summed E-state index contributed by atoms with van der Waals surface area (Å²) in [6.45, 7) is 5.78. The van der Waals surface area contributed by atoms with Crippen molar-refractivity contribution >= 4 is 11.9 Å². The van der Waals surface area contributed by atoms with Crippen LogP contribution in [0.15, 0.2) is 60.8 Å². The second kappa shape index (κ2) is 57.8. The van der Waals surface area contributed by atoms with Crippen LogP contribution in [-0.2, 0) is 23.8 Å². The van der Waals surface area contributed by atoms with E-state index in [-0.39, 0.29) is 19.4 Å². The zero-order valence-electron chi connectivity index (χ0n) is 52.4. The highest BCUT2D eigenvalue weighted by atomic mass is 16.7. The number of allylic oxidation sites excluding steroid dienone is 9. The summed E-state index contributed by atoms with van der Waals surface area (Å²) in [5.41, 5.74) is 0. The van der Waals surface area contributed by atoms with Gasteiger partial charge in [0.1, 0.15) is 24.4 Å². The van der Waals surface area contributed by atoms with Crippen molar-refractivity contribution in [2.24, 2.45) is 0 Å². The van der Waals surface area contributed by atoms with E-state index in [1.165, 1.54) is 180 Å². The first-order valence-corrected chi connectivity index (χ1v) is 34.1. The van der Waals surface area contributed by atoms with Gasteiger partial charge >= 0.3 is 5.97 Å². The molecule has 0 aromatic heterocycles. The number of aliphatic hydroxyl groups is 5. The third-order valence-corrected chi connectivity index (χ3v) is 15.9. The second-order valence-corrected chi connectivity index (χ2v) is 23.6. The topological polar surface area (TPSA) is 175 Å². The minimum Gasteiger partial charge on any atom is -0.454 e. The Morgan fingerprint density at radius 2 is 0.852 bits per heavy atom. The van der Waals surface area contributed by atoms with Crippen LogP contribution in [0.4, 0.5) is 0 Å². The maximum Gasteiger partial charge on any atom is 0.306 e. The number of carbonyl (C=O) groups excluding carboxylic acids is 2. The molecule has 1 heterocycles. The van der Waals surface area contributed by atoms with E-state index in [1.807, 2.05) is 6.08 Å². The maximum atomic E-state index is 13.5. The van der Waals surface area contributed by atoms with E-state index in [9.17, 15) is 35.1 Å². The molecule has 0 saturated carbocycles. The summed E-state index contributed by atoms with van der Waals surface area (Å²) in [4.78, 5) is 26.6. The molecule has 11 heteroatoms. The minimum atomic E-state index is -1.62. The summed E-state index contributed by atoms with van der Waals surface area (Å²) >= 11 is 0. The number of ether oxygens (including phenoxy) is 3. The van der Waals surface area contributed by atoms with Crippen LogP contribution in [0.25, 0.3) is 0 Å². The van der Waals surface area contributed by atoms with Gasteiger partial charge in [0.2, 0.25) is 5.91 Å². The van der Waals surface area contributed by atoms with E-state index >= 15 is 0 Å². The Labute approximate surface area is 497 Å². The normalized spacial score (nSPS) is 19.0. The molecule has 1 saturated heterocycles. The SMILES string of the molecule is CCCCC/C=C\C/C=C\C/C=C\CCCCCCCCCC(O)C(=O)NC(COC1OC(CO)C(O)C(O)C1OC(=O)CCCCCCCCCCC/C=C/CCCCCCCC)C(O)/C=C/CCCCCCCCCCCCC. The molecule has 1 amide bonds. The Kier molecular flexibility index (Phi) is 54.5. The number of nitrogens with one attached hydrogen (secondary N) is 1. The van der Waals surface area contributed by atoms with E-state index in [4.69, 9.17) is 14.2 Å². The van der Waals surface area contributed by atoms with Crippen LogP contribution < -0.4 is 5.32 Å². The number of hydrogen-bond donors (Lipinski definition) is 6. The van der Waals surface area contributed by atoms with Crippen LogP contribution in [0.3, 0.4) is 0 Å². The molecule has 6 N–H and O–H groups in total. The van der Waals surface area contributed by atoms with Crippen LogP contribution in [0.2, 0.25) is 0 Å². The van der Waals surface area contributed by atoms with Gasteiger partial charge in [-0.3, -0.25) is 9.59 Å². The Morgan fingerprint density at radius 3 is 1.31 bits per heavy atom. The fraction of sp³-hybridized carbons (Fsp3) is 0.829. The van der Waals surface area contributed by atoms with Crippen LogP contribution >= 0.6 is 0 Å². The van der Waals surface area contributed by atoms with Crippen LogP contribution in [0.1, 0.15) is 310 Å². The van der Waals surface area contributed by atoms with E-state index in [0.717, 1.165) is 83.5 Å². The molecule has 1 rings (SSSR count). The number of aliphatic hydroxyl groups excluding tert-OH is 5. The maximum absolute atomic E-state index is 13.5. The Morgan fingerprint density at radius 1 is 0.481 bits per heavy atom. The van der Waals surface area contributed by atoms with Crippen molar-refractivity contribution in [1.29, 1.82) is 0 Å². The van der Waals surface area contributed by atoms with Crippen molar-refractivity contribution in [2.75, 3.05) is 13.2 Å². The van der Waals surface area contributed by atoms with Crippen molar-refractivity contribution in [3.05, 3.63) is 60.8 Å². The first-order chi connectivity index (χ1) is 39.7. The standard InChI is InChI=1S/C70H127NO10/c1-4-7-10-13-16-19-22-25-27-29-31-33-34-36-39-42-45-48-51-54-57-63(74)69(78)71-61(62(73)56-53-50-47-44-41-38-24-21-18-15-12-9-6-3)60-79-70-68(67(77)66(76)64(59-72)80-70)81-65(75)58-55-52-49-46-43-40-37-35-32-30-28-26-23-20-17-14-11-8-5-2/h16,19,25-28,31,33,53,56,61-64,66-68,70,72-74,76-77H,4-15,17-18,20-24,29-30,32,34-52,54-55,57-60H2,1-3H3,(H,71,78)/b19-16-,27-25-,28-26+,33-31-,56-53+. The number of hydrogen-bond acceptors (Lipinski definition) is 10.